The molecule has 108 valence electrons. The Morgan fingerprint density at radius 3 is 2.21 bits per heavy atom. The van der Waals surface area contributed by atoms with Crippen LogP contribution in [-0.2, 0) is 5.54 Å². The van der Waals surface area contributed by atoms with Crippen molar-refractivity contribution in [3.8, 4) is 0 Å². The Balaban J connectivity index is 2.63. The molecule has 1 aromatic rings. The Hall–Kier alpha value is -0.900. The van der Waals surface area contributed by atoms with E-state index in [1.165, 1.54) is 0 Å². The van der Waals surface area contributed by atoms with Crippen molar-refractivity contribution in [3.63, 3.8) is 0 Å². The van der Waals surface area contributed by atoms with Gasteiger partial charge in [0.1, 0.15) is 0 Å². The van der Waals surface area contributed by atoms with Crippen LogP contribution in [0.3, 0.4) is 0 Å². The van der Waals surface area contributed by atoms with Crippen molar-refractivity contribution in [2.24, 2.45) is 11.1 Å². The molecule has 1 unspecified atom stereocenters. The monoisotopic (exact) mass is 264 g/mol. The summed E-state index contributed by atoms with van der Waals surface area (Å²) < 4.78 is 0. The SMILES string of the molecule is CN(CCC(N)(CO)c1ccccc1)CC(C)(C)C. The van der Waals surface area contributed by atoms with Gasteiger partial charge in [-0.2, -0.15) is 0 Å². The maximum Gasteiger partial charge on any atom is 0.0656 e. The quantitative estimate of drug-likeness (QED) is 0.828. The van der Waals surface area contributed by atoms with Crippen molar-refractivity contribution in [3.05, 3.63) is 35.9 Å². The zero-order valence-electron chi connectivity index (χ0n) is 12.7. The molecular formula is C16H28N2O. The van der Waals surface area contributed by atoms with E-state index in [9.17, 15) is 5.11 Å². The molecule has 19 heavy (non-hydrogen) atoms. The number of nitrogens with two attached hydrogens (primary N) is 1. The summed E-state index contributed by atoms with van der Waals surface area (Å²) in [5.41, 5.74) is 6.99. The molecule has 0 amide bonds. The van der Waals surface area contributed by atoms with Crippen LogP contribution < -0.4 is 5.73 Å². The topological polar surface area (TPSA) is 49.5 Å². The fourth-order valence-corrected chi connectivity index (χ4v) is 2.36. The summed E-state index contributed by atoms with van der Waals surface area (Å²) in [6, 6.07) is 9.87. The Morgan fingerprint density at radius 2 is 1.74 bits per heavy atom. The third kappa shape index (κ3) is 5.31. The minimum absolute atomic E-state index is 0.0274. The minimum atomic E-state index is -0.645. The smallest absolute Gasteiger partial charge is 0.0656 e. The molecule has 0 aliphatic heterocycles. The average Bonchev–Trinajstić information content (AvgIpc) is 2.35. The molecule has 0 fully saturated rings. The number of nitrogens with zero attached hydrogens (tertiary/aromatic N) is 1. The summed E-state index contributed by atoms with van der Waals surface area (Å²) in [4.78, 5) is 2.28. The molecule has 3 heteroatoms. The lowest BCUT2D eigenvalue weighted by Gasteiger charge is -2.32. The predicted molar refractivity (Wildman–Crippen MR) is 81.0 cm³/mol. The van der Waals surface area contributed by atoms with E-state index >= 15 is 0 Å². The van der Waals surface area contributed by atoms with Crippen LogP contribution in [0.5, 0.6) is 0 Å². The molecule has 3 N–H and O–H groups in total. The van der Waals surface area contributed by atoms with Crippen molar-refractivity contribution >= 4 is 0 Å². The third-order valence-electron chi connectivity index (χ3n) is 3.31. The lowest BCUT2D eigenvalue weighted by atomic mass is 9.88. The normalized spacial score (nSPS) is 15.5. The standard InChI is InChI=1S/C16H28N2O/c1-15(2,3)12-18(4)11-10-16(17,13-19)14-8-6-5-7-9-14/h5-9,19H,10-13,17H2,1-4H3. The lowest BCUT2D eigenvalue weighted by Crippen LogP contribution is -2.44. The molecule has 0 aliphatic carbocycles. The van der Waals surface area contributed by atoms with Gasteiger partial charge in [0.05, 0.1) is 12.1 Å². The fraction of sp³-hybridized carbons (Fsp3) is 0.625. The summed E-state index contributed by atoms with van der Waals surface area (Å²) in [7, 11) is 2.11. The zero-order valence-corrected chi connectivity index (χ0v) is 12.7. The van der Waals surface area contributed by atoms with Crippen molar-refractivity contribution in [1.82, 2.24) is 4.90 Å². The highest BCUT2D eigenvalue weighted by atomic mass is 16.3. The molecule has 0 bridgehead atoms. The molecule has 0 saturated carbocycles. The predicted octanol–water partition coefficient (Wildman–Crippen LogP) is 2.20. The van der Waals surface area contributed by atoms with Gasteiger partial charge in [0.15, 0.2) is 0 Å². The van der Waals surface area contributed by atoms with Crippen molar-refractivity contribution in [2.75, 3.05) is 26.7 Å². The highest BCUT2D eigenvalue weighted by Gasteiger charge is 2.27. The van der Waals surface area contributed by atoms with Crippen LogP contribution in [0.4, 0.5) is 0 Å². The molecule has 0 aliphatic rings. The van der Waals surface area contributed by atoms with Crippen LogP contribution in [0.15, 0.2) is 30.3 Å². The van der Waals surface area contributed by atoms with Crippen LogP contribution in [0.25, 0.3) is 0 Å². The molecular weight excluding hydrogens is 236 g/mol. The first-order chi connectivity index (χ1) is 8.77. The van der Waals surface area contributed by atoms with Gasteiger partial charge in [-0.05, 0) is 24.4 Å². The first kappa shape index (κ1) is 16.2. The Bertz CT molecular complexity index is 372. The molecule has 0 saturated heterocycles. The van der Waals surface area contributed by atoms with Gasteiger partial charge in [0, 0.05) is 13.1 Å². The van der Waals surface area contributed by atoms with Gasteiger partial charge >= 0.3 is 0 Å². The van der Waals surface area contributed by atoms with Crippen LogP contribution in [0.2, 0.25) is 0 Å². The van der Waals surface area contributed by atoms with Crippen LogP contribution in [0, 0.1) is 5.41 Å². The molecule has 0 aromatic heterocycles. The first-order valence-corrected chi connectivity index (χ1v) is 6.91. The summed E-state index contributed by atoms with van der Waals surface area (Å²) in [5, 5.41) is 9.64. The summed E-state index contributed by atoms with van der Waals surface area (Å²) in [5.74, 6) is 0. The van der Waals surface area contributed by atoms with E-state index in [0.717, 1.165) is 25.1 Å². The first-order valence-electron chi connectivity index (χ1n) is 6.91. The van der Waals surface area contributed by atoms with Gasteiger partial charge in [-0.1, -0.05) is 51.1 Å². The lowest BCUT2D eigenvalue weighted by molar-refractivity contribution is 0.157. The third-order valence-corrected chi connectivity index (χ3v) is 3.31. The average molecular weight is 264 g/mol. The molecule has 0 spiro atoms. The molecule has 1 aromatic carbocycles. The van der Waals surface area contributed by atoms with E-state index in [-0.39, 0.29) is 12.0 Å². The van der Waals surface area contributed by atoms with Crippen LogP contribution in [-0.4, -0.2) is 36.8 Å². The maximum absolute atomic E-state index is 9.64. The van der Waals surface area contributed by atoms with Crippen molar-refractivity contribution < 1.29 is 5.11 Å². The summed E-state index contributed by atoms with van der Waals surface area (Å²) in [6.07, 6.45) is 0.750. The van der Waals surface area contributed by atoms with E-state index < -0.39 is 5.54 Å². The van der Waals surface area contributed by atoms with E-state index in [2.05, 4.69) is 32.7 Å². The summed E-state index contributed by atoms with van der Waals surface area (Å²) in [6.45, 7) is 8.54. The molecule has 1 rings (SSSR count). The number of aliphatic hydroxyl groups excluding tert-OH is 1. The molecule has 1 atom stereocenters. The summed E-state index contributed by atoms with van der Waals surface area (Å²) >= 11 is 0. The number of hydrogen-bond donors (Lipinski definition) is 2. The second-order valence-electron chi connectivity index (χ2n) is 6.73. The number of benzene rings is 1. The van der Waals surface area contributed by atoms with Gasteiger partial charge in [-0.15, -0.1) is 0 Å². The van der Waals surface area contributed by atoms with Crippen molar-refractivity contribution in [2.45, 2.75) is 32.7 Å². The van der Waals surface area contributed by atoms with Crippen molar-refractivity contribution in [1.29, 1.82) is 0 Å². The highest BCUT2D eigenvalue weighted by Crippen LogP contribution is 2.22. The van der Waals surface area contributed by atoms with Crippen LogP contribution in [0.1, 0.15) is 32.8 Å². The van der Waals surface area contributed by atoms with E-state index in [0.29, 0.717) is 0 Å². The highest BCUT2D eigenvalue weighted by molar-refractivity contribution is 5.24. The number of hydrogen-bond acceptors (Lipinski definition) is 3. The van der Waals surface area contributed by atoms with Gasteiger partial charge < -0.3 is 15.7 Å². The molecule has 3 nitrogen and oxygen atoms in total. The fourth-order valence-electron chi connectivity index (χ4n) is 2.36. The van der Waals surface area contributed by atoms with Crippen LogP contribution >= 0.6 is 0 Å². The Labute approximate surface area is 117 Å². The van der Waals surface area contributed by atoms with Gasteiger partial charge in [0.2, 0.25) is 0 Å². The maximum atomic E-state index is 9.64. The van der Waals surface area contributed by atoms with E-state index in [1.54, 1.807) is 0 Å². The second-order valence-corrected chi connectivity index (χ2v) is 6.73. The minimum Gasteiger partial charge on any atom is -0.394 e. The van der Waals surface area contributed by atoms with Gasteiger partial charge in [-0.25, -0.2) is 0 Å². The van der Waals surface area contributed by atoms with Gasteiger partial charge in [0.25, 0.3) is 0 Å². The van der Waals surface area contributed by atoms with Gasteiger partial charge in [-0.3, -0.25) is 0 Å². The molecule has 0 heterocycles. The zero-order chi connectivity index (χ0) is 14.5. The number of aliphatic hydroxyl groups is 1. The van der Waals surface area contributed by atoms with E-state index in [4.69, 9.17) is 5.73 Å². The largest absolute Gasteiger partial charge is 0.394 e. The number of rotatable bonds is 6. The van der Waals surface area contributed by atoms with E-state index in [1.807, 2.05) is 30.3 Å². The Kier molecular flexibility index (Phi) is 5.53. The Morgan fingerprint density at radius 1 is 1.16 bits per heavy atom. The molecule has 0 radical (unpaired) electrons. The second kappa shape index (κ2) is 6.51.